The van der Waals surface area contributed by atoms with Gasteiger partial charge in [0.25, 0.3) is 12.3 Å². The van der Waals surface area contributed by atoms with Crippen LogP contribution < -0.4 is 10.6 Å². The molecule has 1 aliphatic carbocycles. The Labute approximate surface area is 188 Å². The maximum atomic E-state index is 13.6. The predicted molar refractivity (Wildman–Crippen MR) is 118 cm³/mol. The van der Waals surface area contributed by atoms with Crippen molar-refractivity contribution in [3.63, 3.8) is 0 Å². The van der Waals surface area contributed by atoms with Gasteiger partial charge in [-0.05, 0) is 18.9 Å². The molecule has 3 aromatic heterocycles. The summed E-state index contributed by atoms with van der Waals surface area (Å²) in [6, 6.07) is 1.79. The Hall–Kier alpha value is -3.34. The van der Waals surface area contributed by atoms with Gasteiger partial charge in [-0.3, -0.25) is 9.48 Å². The zero-order valence-corrected chi connectivity index (χ0v) is 18.0. The number of aromatic nitrogens is 5. The molecule has 1 fully saturated rings. The van der Waals surface area contributed by atoms with E-state index in [4.69, 9.17) is 4.74 Å². The van der Waals surface area contributed by atoms with Gasteiger partial charge in [-0.25, -0.2) is 18.3 Å². The van der Waals surface area contributed by atoms with Gasteiger partial charge in [-0.15, -0.1) is 0 Å². The molecule has 33 heavy (non-hydrogen) atoms. The van der Waals surface area contributed by atoms with Crippen molar-refractivity contribution in [2.24, 2.45) is 0 Å². The molecule has 1 aliphatic heterocycles. The van der Waals surface area contributed by atoms with E-state index in [2.05, 4.69) is 25.8 Å². The number of carbonyl (C=O) groups excluding carboxylic acids is 1. The van der Waals surface area contributed by atoms with E-state index in [0.717, 1.165) is 32.1 Å². The number of hydrogen-bond acceptors (Lipinski definition) is 6. The lowest BCUT2D eigenvalue weighted by Crippen LogP contribution is -2.26. The number of carbonyl (C=O) groups is 1. The van der Waals surface area contributed by atoms with E-state index in [1.54, 1.807) is 16.9 Å². The summed E-state index contributed by atoms with van der Waals surface area (Å²) in [6.45, 7) is 1.09. The smallest absolute Gasteiger partial charge is 0.284 e. The van der Waals surface area contributed by atoms with E-state index >= 15 is 0 Å². The molecule has 4 heterocycles. The molecular formula is C22H25F2N7O2. The van der Waals surface area contributed by atoms with Gasteiger partial charge in [0.15, 0.2) is 11.3 Å². The Bertz CT molecular complexity index is 1170. The third kappa shape index (κ3) is 4.58. The van der Waals surface area contributed by atoms with E-state index in [1.165, 1.54) is 16.9 Å². The topological polar surface area (TPSA) is 98.4 Å². The molecule has 1 atom stereocenters. The van der Waals surface area contributed by atoms with Gasteiger partial charge in [0.05, 0.1) is 37.2 Å². The molecule has 1 amide bonds. The Kier molecular flexibility index (Phi) is 6.03. The maximum Gasteiger partial charge on any atom is 0.284 e. The highest BCUT2D eigenvalue weighted by Crippen LogP contribution is 2.32. The molecule has 0 spiro atoms. The third-order valence-electron chi connectivity index (χ3n) is 5.99. The number of hydrogen-bond donors (Lipinski definition) is 2. The number of anilines is 2. The van der Waals surface area contributed by atoms with Crippen molar-refractivity contribution in [1.82, 2.24) is 24.4 Å². The van der Waals surface area contributed by atoms with Gasteiger partial charge in [0, 0.05) is 12.4 Å². The van der Waals surface area contributed by atoms with Gasteiger partial charge < -0.3 is 15.4 Å². The van der Waals surface area contributed by atoms with Gasteiger partial charge in [0.2, 0.25) is 0 Å². The van der Waals surface area contributed by atoms with Crippen LogP contribution in [0.5, 0.6) is 0 Å². The van der Waals surface area contributed by atoms with Crippen LogP contribution in [0.2, 0.25) is 0 Å². The van der Waals surface area contributed by atoms with E-state index in [1.807, 2.05) is 12.2 Å². The Morgan fingerprint density at radius 2 is 2.09 bits per heavy atom. The molecule has 3 aromatic rings. The molecule has 5 rings (SSSR count). The Balaban J connectivity index is 1.38. The summed E-state index contributed by atoms with van der Waals surface area (Å²) in [5.41, 5.74) is 0.0830. The van der Waals surface area contributed by atoms with E-state index < -0.39 is 18.0 Å². The normalized spacial score (nSPS) is 19.3. The molecule has 0 aromatic carbocycles. The number of ether oxygens (including phenoxy) is 1. The van der Waals surface area contributed by atoms with Gasteiger partial charge in [-0.2, -0.15) is 10.2 Å². The fourth-order valence-corrected chi connectivity index (χ4v) is 4.31. The molecule has 11 heteroatoms. The van der Waals surface area contributed by atoms with E-state index in [-0.39, 0.29) is 23.3 Å². The first-order chi connectivity index (χ1) is 16.1. The SMILES string of the molecule is O=C(Nc1cn(C2CCCCC2)nc1C(F)F)c1cnn2ccc(NC3C=CCOC3)nc12. The van der Waals surface area contributed by atoms with Gasteiger partial charge >= 0.3 is 0 Å². The summed E-state index contributed by atoms with van der Waals surface area (Å²) in [5.74, 6) is -0.0174. The summed E-state index contributed by atoms with van der Waals surface area (Å²) in [7, 11) is 0. The number of alkyl halides is 2. The molecule has 9 nitrogen and oxygen atoms in total. The third-order valence-corrected chi connectivity index (χ3v) is 5.99. The van der Waals surface area contributed by atoms with Crippen LogP contribution in [0.25, 0.3) is 5.65 Å². The number of rotatable bonds is 6. The second-order valence-corrected chi connectivity index (χ2v) is 8.31. The summed E-state index contributed by atoms with van der Waals surface area (Å²) < 4.78 is 35.7. The molecular weight excluding hydrogens is 432 g/mol. The number of fused-ring (bicyclic) bond motifs is 1. The minimum Gasteiger partial charge on any atom is -0.375 e. The first kappa shape index (κ1) is 21.5. The van der Waals surface area contributed by atoms with Crippen LogP contribution in [0.1, 0.15) is 60.6 Å². The Morgan fingerprint density at radius 1 is 1.24 bits per heavy atom. The van der Waals surface area contributed by atoms with Crippen molar-refractivity contribution < 1.29 is 18.3 Å². The van der Waals surface area contributed by atoms with Crippen molar-refractivity contribution >= 4 is 23.1 Å². The molecule has 2 N–H and O–H groups in total. The minimum absolute atomic E-state index is 0.0127. The number of amides is 1. The molecule has 1 saturated carbocycles. The van der Waals surface area contributed by atoms with Crippen LogP contribution in [-0.2, 0) is 4.74 Å². The van der Waals surface area contributed by atoms with Crippen LogP contribution in [0, 0.1) is 0 Å². The second kappa shape index (κ2) is 9.26. The molecule has 0 saturated heterocycles. The highest BCUT2D eigenvalue weighted by molar-refractivity contribution is 6.08. The lowest BCUT2D eigenvalue weighted by molar-refractivity contribution is 0.102. The van der Waals surface area contributed by atoms with Crippen molar-refractivity contribution in [1.29, 1.82) is 0 Å². The van der Waals surface area contributed by atoms with Gasteiger partial charge in [0.1, 0.15) is 11.4 Å². The molecule has 2 aliphatic rings. The zero-order chi connectivity index (χ0) is 22.8. The van der Waals surface area contributed by atoms with Crippen molar-refractivity contribution in [2.75, 3.05) is 23.8 Å². The van der Waals surface area contributed by atoms with E-state index in [0.29, 0.717) is 24.7 Å². The van der Waals surface area contributed by atoms with Gasteiger partial charge in [-0.1, -0.05) is 31.4 Å². The zero-order valence-electron chi connectivity index (χ0n) is 18.0. The summed E-state index contributed by atoms with van der Waals surface area (Å²) in [5, 5.41) is 14.1. The fourth-order valence-electron chi connectivity index (χ4n) is 4.31. The molecule has 174 valence electrons. The molecule has 0 radical (unpaired) electrons. The average molecular weight is 457 g/mol. The average Bonchev–Trinajstić information content (AvgIpc) is 3.45. The highest BCUT2D eigenvalue weighted by atomic mass is 19.3. The summed E-state index contributed by atoms with van der Waals surface area (Å²) >= 11 is 0. The monoisotopic (exact) mass is 457 g/mol. The van der Waals surface area contributed by atoms with Crippen LogP contribution in [0.3, 0.4) is 0 Å². The molecule has 0 bridgehead atoms. The van der Waals surface area contributed by atoms with E-state index in [9.17, 15) is 13.6 Å². The largest absolute Gasteiger partial charge is 0.375 e. The number of halogens is 2. The maximum absolute atomic E-state index is 13.6. The number of nitrogens with one attached hydrogen (secondary N) is 2. The van der Waals surface area contributed by atoms with Crippen molar-refractivity contribution in [3.05, 3.63) is 48.1 Å². The lowest BCUT2D eigenvalue weighted by Gasteiger charge is -2.21. The highest BCUT2D eigenvalue weighted by Gasteiger charge is 2.25. The predicted octanol–water partition coefficient (Wildman–Crippen LogP) is 3.99. The lowest BCUT2D eigenvalue weighted by atomic mass is 9.96. The quantitative estimate of drug-likeness (QED) is 0.543. The van der Waals surface area contributed by atoms with Crippen LogP contribution in [0.4, 0.5) is 20.3 Å². The van der Waals surface area contributed by atoms with Crippen molar-refractivity contribution in [2.45, 2.75) is 50.6 Å². The minimum atomic E-state index is -2.80. The standard InChI is InChI=1S/C22H25F2N7O2/c23-20(24)19-17(12-31(29-19)15-6-2-1-3-7-15)27-22(32)16-11-25-30-9-8-18(28-21(16)30)26-14-5-4-10-33-13-14/h4-5,8-9,11-12,14-15,20H,1-3,6-7,10,13H2,(H,26,28)(H,27,32). The van der Waals surface area contributed by atoms with Crippen LogP contribution in [0.15, 0.2) is 36.8 Å². The Morgan fingerprint density at radius 3 is 2.85 bits per heavy atom. The number of nitrogens with zero attached hydrogens (tertiary/aromatic N) is 5. The van der Waals surface area contributed by atoms with Crippen LogP contribution >= 0.6 is 0 Å². The molecule has 1 unspecified atom stereocenters. The fraction of sp³-hybridized carbons (Fsp3) is 0.455. The van der Waals surface area contributed by atoms with Crippen molar-refractivity contribution in [3.8, 4) is 0 Å². The summed E-state index contributed by atoms with van der Waals surface area (Å²) in [6.07, 6.45) is 10.7. The summed E-state index contributed by atoms with van der Waals surface area (Å²) in [4.78, 5) is 17.5. The van der Waals surface area contributed by atoms with Crippen LogP contribution in [-0.4, -0.2) is 49.5 Å². The first-order valence-corrected chi connectivity index (χ1v) is 11.1. The first-order valence-electron chi connectivity index (χ1n) is 11.1. The second-order valence-electron chi connectivity index (χ2n) is 8.31.